The number of hydrogen-bond acceptors (Lipinski definition) is 0. The van der Waals surface area contributed by atoms with Gasteiger partial charge in [-0.25, -0.2) is 0 Å². The highest BCUT2D eigenvalue weighted by atomic mass is 14.4. The minimum absolute atomic E-state index is 0.0806. The van der Waals surface area contributed by atoms with Crippen molar-refractivity contribution < 1.29 is 0 Å². The first-order chi connectivity index (χ1) is 15.4. The lowest BCUT2D eigenvalue weighted by molar-refractivity contribution is 0.505. The van der Waals surface area contributed by atoms with Crippen molar-refractivity contribution in [2.75, 3.05) is 0 Å². The van der Waals surface area contributed by atoms with Gasteiger partial charge in [-0.2, -0.15) is 0 Å². The summed E-state index contributed by atoms with van der Waals surface area (Å²) in [5.74, 6) is 0.434. The maximum atomic E-state index is 2.48. The van der Waals surface area contributed by atoms with Crippen LogP contribution in [0.4, 0.5) is 0 Å². The maximum absolute atomic E-state index is 2.48. The fourth-order valence-electron chi connectivity index (χ4n) is 5.35. The summed E-state index contributed by atoms with van der Waals surface area (Å²) >= 11 is 0. The second-order valence-electron chi connectivity index (χ2n) is 16.2. The SMILES string of the molecule is CC(Cc1cc(C(C)(C)C)cc(C(C)(C)C)c1)c1c(C(C)(C)C)ccc(C(C)(C)C)c1C(C)(C)C. The largest absolute Gasteiger partial charge is 0.0581 e. The first kappa shape index (κ1) is 29.7. The minimum Gasteiger partial charge on any atom is -0.0581 e. The van der Waals surface area contributed by atoms with Crippen molar-refractivity contribution in [2.45, 2.75) is 150 Å². The summed E-state index contributed by atoms with van der Waals surface area (Å²) in [4.78, 5) is 0. The van der Waals surface area contributed by atoms with Crippen LogP contribution < -0.4 is 0 Å². The maximum Gasteiger partial charge on any atom is -0.0126 e. The van der Waals surface area contributed by atoms with Crippen LogP contribution in [-0.4, -0.2) is 0 Å². The average Bonchev–Trinajstić information content (AvgIpc) is 2.63. The van der Waals surface area contributed by atoms with E-state index in [4.69, 9.17) is 0 Å². The lowest BCUT2D eigenvalue weighted by Crippen LogP contribution is -2.28. The van der Waals surface area contributed by atoms with Crippen LogP contribution in [0.3, 0.4) is 0 Å². The van der Waals surface area contributed by atoms with Gasteiger partial charge < -0.3 is 0 Å². The van der Waals surface area contributed by atoms with Gasteiger partial charge in [0.15, 0.2) is 0 Å². The quantitative estimate of drug-likeness (QED) is 0.413. The van der Waals surface area contributed by atoms with E-state index < -0.39 is 0 Å². The molecule has 0 nitrogen and oxygen atoms in total. The Kier molecular flexibility index (Phi) is 7.96. The Morgan fingerprint density at radius 2 is 0.914 bits per heavy atom. The molecule has 2 rings (SSSR count). The van der Waals surface area contributed by atoms with Gasteiger partial charge in [-0.3, -0.25) is 0 Å². The fourth-order valence-corrected chi connectivity index (χ4v) is 5.35. The molecular formula is C35H56. The Morgan fingerprint density at radius 3 is 1.26 bits per heavy atom. The smallest absolute Gasteiger partial charge is 0.0126 e. The zero-order chi connectivity index (χ0) is 27.4. The molecule has 0 radical (unpaired) electrons. The number of hydrogen-bond donors (Lipinski definition) is 0. The van der Waals surface area contributed by atoms with E-state index in [0.717, 1.165) is 6.42 Å². The summed E-state index contributed by atoms with van der Waals surface area (Å²) in [6.07, 6.45) is 1.06. The molecule has 0 spiro atoms. The molecule has 0 heteroatoms. The van der Waals surface area contributed by atoms with E-state index in [1.54, 1.807) is 11.1 Å². The van der Waals surface area contributed by atoms with Gasteiger partial charge in [-0.15, -0.1) is 0 Å². The Hall–Kier alpha value is -1.56. The van der Waals surface area contributed by atoms with E-state index in [0.29, 0.717) is 5.92 Å². The first-order valence-electron chi connectivity index (χ1n) is 13.8. The van der Waals surface area contributed by atoms with E-state index >= 15 is 0 Å². The Balaban J connectivity index is 2.82. The zero-order valence-electron chi connectivity index (χ0n) is 26.2. The van der Waals surface area contributed by atoms with Gasteiger partial charge in [0.05, 0.1) is 0 Å². The van der Waals surface area contributed by atoms with Crippen molar-refractivity contribution in [1.29, 1.82) is 0 Å². The molecule has 1 unspecified atom stereocenters. The van der Waals surface area contributed by atoms with Gasteiger partial charge in [-0.1, -0.05) is 141 Å². The van der Waals surface area contributed by atoms with Crippen LogP contribution in [0.2, 0.25) is 0 Å². The van der Waals surface area contributed by atoms with Crippen LogP contribution in [0.5, 0.6) is 0 Å². The molecule has 1 atom stereocenters. The standard InChI is InChI=1S/C35H56/c1-23(19-24-20-25(31(2,3)4)22-26(21-24)32(5,6)7)29-27(33(8,9)10)17-18-28(34(11,12)13)30(29)35(14,15)16/h17-18,20-23H,19H2,1-16H3. The number of rotatable bonds is 3. The van der Waals surface area contributed by atoms with Gasteiger partial charge in [-0.05, 0) is 78.4 Å². The topological polar surface area (TPSA) is 0 Å². The normalized spacial score (nSPS) is 14.9. The molecule has 0 aliphatic carbocycles. The summed E-state index contributed by atoms with van der Waals surface area (Å²) in [6, 6.07) is 12.3. The Labute approximate surface area is 219 Å². The lowest BCUT2D eigenvalue weighted by atomic mass is 9.66. The van der Waals surface area contributed by atoms with E-state index in [9.17, 15) is 0 Å². The molecule has 0 bridgehead atoms. The summed E-state index contributed by atoms with van der Waals surface area (Å²) in [7, 11) is 0. The summed E-state index contributed by atoms with van der Waals surface area (Å²) in [5.41, 5.74) is 11.1. The fraction of sp³-hybridized carbons (Fsp3) is 0.657. The molecule has 2 aromatic carbocycles. The Bertz CT molecular complexity index is 996. The molecule has 0 aliphatic rings. The summed E-state index contributed by atoms with van der Waals surface area (Å²) < 4.78 is 0. The highest BCUT2D eigenvalue weighted by Crippen LogP contribution is 2.44. The van der Waals surface area contributed by atoms with Gasteiger partial charge in [0.2, 0.25) is 0 Å². The molecule has 0 N–H and O–H groups in total. The van der Waals surface area contributed by atoms with E-state index in [1.165, 1.54) is 27.8 Å². The Morgan fingerprint density at radius 1 is 0.514 bits per heavy atom. The van der Waals surface area contributed by atoms with Crippen molar-refractivity contribution in [3.63, 3.8) is 0 Å². The summed E-state index contributed by atoms with van der Waals surface area (Å²) in [5, 5.41) is 0. The van der Waals surface area contributed by atoms with Gasteiger partial charge in [0.1, 0.15) is 0 Å². The average molecular weight is 477 g/mol. The van der Waals surface area contributed by atoms with Crippen LogP contribution in [-0.2, 0) is 33.5 Å². The van der Waals surface area contributed by atoms with Crippen LogP contribution in [0.1, 0.15) is 156 Å². The van der Waals surface area contributed by atoms with Gasteiger partial charge in [0.25, 0.3) is 0 Å². The second-order valence-corrected chi connectivity index (χ2v) is 16.2. The highest BCUT2D eigenvalue weighted by Gasteiger charge is 2.33. The molecule has 0 saturated carbocycles. The minimum atomic E-state index is 0.0806. The van der Waals surface area contributed by atoms with Crippen LogP contribution >= 0.6 is 0 Å². The zero-order valence-corrected chi connectivity index (χ0v) is 26.2. The molecule has 0 aromatic heterocycles. The summed E-state index contributed by atoms with van der Waals surface area (Å²) in [6.45, 7) is 37.9. The molecule has 0 heterocycles. The predicted molar refractivity (Wildman–Crippen MR) is 159 cm³/mol. The molecular weight excluding hydrogens is 420 g/mol. The molecule has 0 saturated heterocycles. The second kappa shape index (κ2) is 9.39. The van der Waals surface area contributed by atoms with Crippen LogP contribution in [0.15, 0.2) is 30.3 Å². The molecule has 0 fully saturated rings. The third-order valence-corrected chi connectivity index (χ3v) is 7.37. The van der Waals surface area contributed by atoms with Crippen molar-refractivity contribution in [1.82, 2.24) is 0 Å². The van der Waals surface area contributed by atoms with Crippen molar-refractivity contribution in [3.8, 4) is 0 Å². The third kappa shape index (κ3) is 7.02. The monoisotopic (exact) mass is 476 g/mol. The van der Waals surface area contributed by atoms with E-state index in [-0.39, 0.29) is 27.1 Å². The highest BCUT2D eigenvalue weighted by molar-refractivity contribution is 5.52. The molecule has 35 heavy (non-hydrogen) atoms. The number of benzene rings is 2. The van der Waals surface area contributed by atoms with Crippen LogP contribution in [0, 0.1) is 0 Å². The first-order valence-corrected chi connectivity index (χ1v) is 13.8. The molecule has 2 aromatic rings. The van der Waals surface area contributed by atoms with Crippen molar-refractivity contribution >= 4 is 0 Å². The molecule has 196 valence electrons. The third-order valence-electron chi connectivity index (χ3n) is 7.37. The van der Waals surface area contributed by atoms with Crippen molar-refractivity contribution in [2.24, 2.45) is 0 Å². The van der Waals surface area contributed by atoms with E-state index in [2.05, 4.69) is 141 Å². The predicted octanol–water partition coefficient (Wildman–Crippen LogP) is 10.5. The van der Waals surface area contributed by atoms with Crippen LogP contribution in [0.25, 0.3) is 0 Å². The molecule has 0 aliphatic heterocycles. The lowest BCUT2D eigenvalue weighted by Gasteiger charge is -2.38. The van der Waals surface area contributed by atoms with Gasteiger partial charge >= 0.3 is 0 Å². The van der Waals surface area contributed by atoms with Gasteiger partial charge in [0, 0.05) is 0 Å². The molecule has 0 amide bonds. The van der Waals surface area contributed by atoms with E-state index in [1.807, 2.05) is 0 Å². The van der Waals surface area contributed by atoms with Crippen molar-refractivity contribution in [3.05, 3.63) is 69.3 Å².